The van der Waals surface area contributed by atoms with Gasteiger partial charge in [0.15, 0.2) is 0 Å². The second kappa shape index (κ2) is 4.63. The predicted octanol–water partition coefficient (Wildman–Crippen LogP) is 3.03. The number of thiophene rings is 1. The van der Waals surface area contributed by atoms with E-state index >= 15 is 0 Å². The Kier molecular flexibility index (Phi) is 3.23. The number of carbonyl (C=O) groups excluding carboxylic acids is 1. The number of amides is 1. The van der Waals surface area contributed by atoms with E-state index in [4.69, 9.17) is 4.42 Å². The van der Waals surface area contributed by atoms with Crippen LogP contribution < -0.4 is 5.32 Å². The summed E-state index contributed by atoms with van der Waals surface area (Å²) in [5.41, 5.74) is 1.62. The monoisotopic (exact) mass is 285 g/mol. The average Bonchev–Trinajstić information content (AvgIpc) is 2.84. The fourth-order valence-electron chi connectivity index (χ4n) is 1.13. The number of hydrogen-bond donors (Lipinski definition) is 1. The SMILES string of the molecule is O=C(NCc1ccoc1)c1ccsc1Br. The molecule has 2 aromatic rings. The molecule has 0 saturated heterocycles. The molecule has 0 bridgehead atoms. The van der Waals surface area contributed by atoms with Gasteiger partial charge in [0, 0.05) is 12.1 Å². The van der Waals surface area contributed by atoms with Crippen molar-refractivity contribution in [3.63, 3.8) is 0 Å². The molecule has 1 N–H and O–H groups in total. The van der Waals surface area contributed by atoms with Crippen molar-refractivity contribution >= 4 is 33.2 Å². The minimum Gasteiger partial charge on any atom is -0.472 e. The van der Waals surface area contributed by atoms with E-state index in [1.54, 1.807) is 18.6 Å². The summed E-state index contributed by atoms with van der Waals surface area (Å²) in [6.45, 7) is 0.484. The highest BCUT2D eigenvalue weighted by atomic mass is 79.9. The van der Waals surface area contributed by atoms with Crippen molar-refractivity contribution in [1.29, 1.82) is 0 Å². The van der Waals surface area contributed by atoms with Crippen molar-refractivity contribution in [2.45, 2.75) is 6.54 Å². The summed E-state index contributed by atoms with van der Waals surface area (Å²) < 4.78 is 5.76. The van der Waals surface area contributed by atoms with Gasteiger partial charge in [-0.05, 0) is 33.4 Å². The quantitative estimate of drug-likeness (QED) is 0.942. The van der Waals surface area contributed by atoms with Crippen LogP contribution in [0.2, 0.25) is 0 Å². The molecule has 0 aliphatic rings. The van der Waals surface area contributed by atoms with Gasteiger partial charge in [0.05, 0.1) is 21.9 Å². The van der Waals surface area contributed by atoms with Crippen molar-refractivity contribution in [3.05, 3.63) is 45.0 Å². The van der Waals surface area contributed by atoms with E-state index in [2.05, 4.69) is 21.2 Å². The Morgan fingerprint density at radius 3 is 3.00 bits per heavy atom. The molecular formula is C10H8BrNO2S. The average molecular weight is 286 g/mol. The lowest BCUT2D eigenvalue weighted by Gasteiger charge is -2.01. The first kappa shape index (κ1) is 10.4. The molecule has 0 aliphatic heterocycles. The summed E-state index contributed by atoms with van der Waals surface area (Å²) in [4.78, 5) is 11.7. The fourth-order valence-corrected chi connectivity index (χ4v) is 2.37. The molecular weight excluding hydrogens is 278 g/mol. The van der Waals surface area contributed by atoms with E-state index in [1.165, 1.54) is 11.3 Å². The van der Waals surface area contributed by atoms with E-state index in [0.717, 1.165) is 9.35 Å². The normalized spacial score (nSPS) is 10.2. The summed E-state index contributed by atoms with van der Waals surface area (Å²) in [6.07, 6.45) is 3.20. The first-order chi connectivity index (χ1) is 7.27. The lowest BCUT2D eigenvalue weighted by Crippen LogP contribution is -2.22. The summed E-state index contributed by atoms with van der Waals surface area (Å²) in [7, 11) is 0. The second-order valence-electron chi connectivity index (χ2n) is 2.92. The largest absolute Gasteiger partial charge is 0.472 e. The molecule has 0 unspecified atom stereocenters. The van der Waals surface area contributed by atoms with E-state index in [9.17, 15) is 4.79 Å². The maximum atomic E-state index is 11.7. The molecule has 15 heavy (non-hydrogen) atoms. The van der Waals surface area contributed by atoms with Crippen LogP contribution in [0, 0.1) is 0 Å². The Hall–Kier alpha value is -1.07. The van der Waals surface area contributed by atoms with Crippen LogP contribution >= 0.6 is 27.3 Å². The van der Waals surface area contributed by atoms with E-state index in [0.29, 0.717) is 12.1 Å². The summed E-state index contributed by atoms with van der Waals surface area (Å²) in [6, 6.07) is 3.61. The van der Waals surface area contributed by atoms with Gasteiger partial charge in [-0.25, -0.2) is 0 Å². The molecule has 2 aromatic heterocycles. The van der Waals surface area contributed by atoms with Crippen molar-refractivity contribution in [2.24, 2.45) is 0 Å². The highest BCUT2D eigenvalue weighted by Crippen LogP contribution is 2.23. The minimum atomic E-state index is -0.0793. The fraction of sp³-hybridized carbons (Fsp3) is 0.100. The lowest BCUT2D eigenvalue weighted by atomic mass is 10.3. The van der Waals surface area contributed by atoms with Crippen molar-refractivity contribution in [1.82, 2.24) is 5.32 Å². The highest BCUT2D eigenvalue weighted by Gasteiger charge is 2.10. The van der Waals surface area contributed by atoms with E-state index in [1.807, 2.05) is 11.4 Å². The number of furan rings is 1. The third kappa shape index (κ3) is 2.49. The van der Waals surface area contributed by atoms with Crippen LogP contribution in [0.15, 0.2) is 38.2 Å². The number of rotatable bonds is 3. The van der Waals surface area contributed by atoms with Gasteiger partial charge in [-0.15, -0.1) is 11.3 Å². The molecule has 0 radical (unpaired) electrons. The van der Waals surface area contributed by atoms with Gasteiger partial charge >= 0.3 is 0 Å². The van der Waals surface area contributed by atoms with Gasteiger partial charge in [0.1, 0.15) is 0 Å². The van der Waals surface area contributed by atoms with Crippen LogP contribution in [0.5, 0.6) is 0 Å². The molecule has 2 heterocycles. The molecule has 0 atom stereocenters. The molecule has 0 saturated carbocycles. The first-order valence-corrected chi connectivity index (χ1v) is 5.97. The zero-order chi connectivity index (χ0) is 10.7. The number of hydrogen-bond acceptors (Lipinski definition) is 3. The van der Waals surface area contributed by atoms with Gasteiger partial charge in [-0.1, -0.05) is 0 Å². The summed E-state index contributed by atoms with van der Waals surface area (Å²) in [5, 5.41) is 4.68. The first-order valence-electron chi connectivity index (χ1n) is 4.29. The predicted molar refractivity (Wildman–Crippen MR) is 61.9 cm³/mol. The zero-order valence-electron chi connectivity index (χ0n) is 7.70. The number of carbonyl (C=O) groups is 1. The van der Waals surface area contributed by atoms with Crippen LogP contribution in [0.25, 0.3) is 0 Å². The molecule has 0 aliphatic carbocycles. The Morgan fingerprint density at radius 2 is 2.40 bits per heavy atom. The molecule has 5 heteroatoms. The molecule has 0 spiro atoms. The van der Waals surface area contributed by atoms with Crippen molar-refractivity contribution in [2.75, 3.05) is 0 Å². The maximum Gasteiger partial charge on any atom is 0.253 e. The van der Waals surface area contributed by atoms with Crippen molar-refractivity contribution in [3.8, 4) is 0 Å². The summed E-state index contributed by atoms with van der Waals surface area (Å²) in [5.74, 6) is -0.0793. The summed E-state index contributed by atoms with van der Waals surface area (Å²) >= 11 is 4.82. The number of nitrogens with one attached hydrogen (secondary N) is 1. The van der Waals surface area contributed by atoms with Crippen molar-refractivity contribution < 1.29 is 9.21 Å². The van der Waals surface area contributed by atoms with Gasteiger partial charge in [0.2, 0.25) is 0 Å². The maximum absolute atomic E-state index is 11.7. The zero-order valence-corrected chi connectivity index (χ0v) is 10.1. The molecule has 0 fully saturated rings. The van der Waals surface area contributed by atoms with Crippen LogP contribution in [0.1, 0.15) is 15.9 Å². The number of halogens is 1. The van der Waals surface area contributed by atoms with Gasteiger partial charge in [-0.3, -0.25) is 4.79 Å². The smallest absolute Gasteiger partial charge is 0.253 e. The van der Waals surface area contributed by atoms with Crippen LogP contribution in [-0.2, 0) is 6.54 Å². The van der Waals surface area contributed by atoms with Crippen LogP contribution in [0.3, 0.4) is 0 Å². The molecule has 3 nitrogen and oxygen atoms in total. The molecule has 2 rings (SSSR count). The Balaban J connectivity index is 1.96. The standard InChI is InChI=1S/C10H8BrNO2S/c11-9-8(2-4-15-9)10(13)12-5-7-1-3-14-6-7/h1-4,6H,5H2,(H,12,13). The minimum absolute atomic E-state index is 0.0793. The van der Waals surface area contributed by atoms with Crippen LogP contribution in [0.4, 0.5) is 0 Å². The molecule has 1 amide bonds. The van der Waals surface area contributed by atoms with Gasteiger partial charge in [-0.2, -0.15) is 0 Å². The Bertz CT molecular complexity index is 450. The van der Waals surface area contributed by atoms with Crippen LogP contribution in [-0.4, -0.2) is 5.91 Å². The highest BCUT2D eigenvalue weighted by molar-refractivity contribution is 9.11. The third-order valence-electron chi connectivity index (χ3n) is 1.90. The Labute approximate surface area is 99.2 Å². The molecule has 78 valence electrons. The topological polar surface area (TPSA) is 42.2 Å². The Morgan fingerprint density at radius 1 is 1.53 bits per heavy atom. The molecule has 0 aromatic carbocycles. The third-order valence-corrected chi connectivity index (χ3v) is 3.58. The van der Waals surface area contributed by atoms with E-state index < -0.39 is 0 Å². The van der Waals surface area contributed by atoms with Gasteiger partial charge < -0.3 is 9.73 Å². The van der Waals surface area contributed by atoms with E-state index in [-0.39, 0.29) is 5.91 Å². The second-order valence-corrected chi connectivity index (χ2v) is 5.16. The lowest BCUT2D eigenvalue weighted by molar-refractivity contribution is 0.0950. The van der Waals surface area contributed by atoms with Gasteiger partial charge in [0.25, 0.3) is 5.91 Å².